The molecule has 0 saturated heterocycles. The Bertz CT molecular complexity index is 1100. The van der Waals surface area contributed by atoms with E-state index in [0.717, 1.165) is 16.7 Å². The van der Waals surface area contributed by atoms with Crippen molar-refractivity contribution in [1.29, 1.82) is 0 Å². The summed E-state index contributed by atoms with van der Waals surface area (Å²) in [5.41, 5.74) is 3.59. The first-order valence-electron chi connectivity index (χ1n) is 9.79. The highest BCUT2D eigenvalue weighted by Gasteiger charge is 2.32. The summed E-state index contributed by atoms with van der Waals surface area (Å²) in [6, 6.07) is 3.43. The van der Waals surface area contributed by atoms with Crippen molar-refractivity contribution in [2.75, 3.05) is 28.4 Å². The molecule has 0 radical (unpaired) electrons. The number of carbonyl (C=O) groups excluding carboxylic acids is 1. The number of amides is 1. The van der Waals surface area contributed by atoms with E-state index in [1.54, 1.807) is 21.3 Å². The molecule has 2 aromatic carbocycles. The molecule has 7 nitrogen and oxygen atoms in total. The van der Waals surface area contributed by atoms with Crippen LogP contribution in [0.3, 0.4) is 0 Å². The van der Waals surface area contributed by atoms with E-state index in [9.17, 15) is 9.59 Å². The molecule has 1 N–H and O–H groups in total. The van der Waals surface area contributed by atoms with Crippen LogP contribution in [0.15, 0.2) is 21.4 Å². The van der Waals surface area contributed by atoms with E-state index in [1.807, 2.05) is 19.1 Å². The molecule has 31 heavy (non-hydrogen) atoms. The number of benzene rings is 1. The highest BCUT2D eigenvalue weighted by Crippen LogP contribution is 2.51. The van der Waals surface area contributed by atoms with Gasteiger partial charge in [0.25, 0.3) is 0 Å². The van der Waals surface area contributed by atoms with E-state index in [-0.39, 0.29) is 23.1 Å². The minimum Gasteiger partial charge on any atom is -0.493 e. The van der Waals surface area contributed by atoms with Gasteiger partial charge in [-0.3, -0.25) is 9.59 Å². The summed E-state index contributed by atoms with van der Waals surface area (Å²) in [6.45, 7) is 3.28. The summed E-state index contributed by atoms with van der Waals surface area (Å²) in [6.07, 6.45) is 1.22. The normalized spacial score (nSPS) is 14.6. The molecule has 0 unspecified atom stereocenters. The molecule has 0 saturated carbocycles. The Hall–Kier alpha value is -2.74. The van der Waals surface area contributed by atoms with E-state index in [4.69, 9.17) is 18.9 Å². The number of fused-ring (bicyclic) bond motifs is 3. The molecule has 0 aliphatic heterocycles. The van der Waals surface area contributed by atoms with Crippen LogP contribution in [0.2, 0.25) is 0 Å². The smallest absolute Gasteiger partial charge is 0.235 e. The average Bonchev–Trinajstić information content (AvgIpc) is 2.93. The van der Waals surface area contributed by atoms with Crippen LogP contribution in [0.5, 0.6) is 23.0 Å². The molecule has 1 atom stereocenters. The van der Waals surface area contributed by atoms with Gasteiger partial charge in [-0.2, -0.15) is 0 Å². The van der Waals surface area contributed by atoms with Crippen molar-refractivity contribution in [1.82, 2.24) is 5.32 Å². The second-order valence-corrected chi connectivity index (χ2v) is 8.10. The number of hydrogen-bond donors (Lipinski definition) is 1. The number of methoxy groups -OCH3 is 4. The maximum Gasteiger partial charge on any atom is 0.235 e. The quantitative estimate of drug-likeness (QED) is 0.681. The minimum absolute atomic E-state index is 0.182. The molecule has 1 aliphatic rings. The average molecular weight is 492 g/mol. The van der Waals surface area contributed by atoms with Gasteiger partial charge >= 0.3 is 0 Å². The van der Waals surface area contributed by atoms with Gasteiger partial charge in [0.2, 0.25) is 17.1 Å². The predicted octanol–water partition coefficient (Wildman–Crippen LogP) is 3.94. The Balaban J connectivity index is 2.54. The maximum atomic E-state index is 13.2. The Morgan fingerprint density at radius 3 is 2.23 bits per heavy atom. The van der Waals surface area contributed by atoms with E-state index < -0.39 is 0 Å². The molecule has 3 rings (SSSR count). The number of nitrogens with one attached hydrogen (secondary N) is 1. The summed E-state index contributed by atoms with van der Waals surface area (Å²) in [5.74, 6) is 1.57. The Morgan fingerprint density at radius 2 is 1.68 bits per heavy atom. The first-order chi connectivity index (χ1) is 14.8. The zero-order valence-electron chi connectivity index (χ0n) is 18.5. The lowest BCUT2D eigenvalue weighted by atomic mass is 9.95. The SMILES string of the molecule is COc1cc2c(c(OC)c1OC)-c1cc(C)c(OC)c(=O)c(Br)c1[C@@H](NC(C)=O)CC2. The van der Waals surface area contributed by atoms with Gasteiger partial charge in [0, 0.05) is 18.1 Å². The van der Waals surface area contributed by atoms with Gasteiger partial charge in [0.1, 0.15) is 0 Å². The number of ether oxygens (including phenoxy) is 4. The van der Waals surface area contributed by atoms with Crippen LogP contribution in [0.25, 0.3) is 11.1 Å². The van der Waals surface area contributed by atoms with Crippen LogP contribution in [0.1, 0.15) is 36.1 Å². The number of carbonyl (C=O) groups is 1. The van der Waals surface area contributed by atoms with Gasteiger partial charge in [-0.25, -0.2) is 0 Å². The zero-order chi connectivity index (χ0) is 22.9. The number of hydrogen-bond acceptors (Lipinski definition) is 6. The van der Waals surface area contributed by atoms with Crippen molar-refractivity contribution in [3.63, 3.8) is 0 Å². The summed E-state index contributed by atoms with van der Waals surface area (Å²) in [7, 11) is 6.16. The van der Waals surface area contributed by atoms with Gasteiger partial charge in [0.15, 0.2) is 17.2 Å². The van der Waals surface area contributed by atoms with Gasteiger partial charge < -0.3 is 24.3 Å². The third-order valence-corrected chi connectivity index (χ3v) is 6.25. The summed E-state index contributed by atoms with van der Waals surface area (Å²) < 4.78 is 22.7. The fraction of sp³-hybridized carbons (Fsp3) is 0.391. The van der Waals surface area contributed by atoms with Gasteiger partial charge in [0.05, 0.1) is 39.0 Å². The maximum absolute atomic E-state index is 13.2. The van der Waals surface area contributed by atoms with Gasteiger partial charge in [-0.05, 0) is 64.5 Å². The second-order valence-electron chi connectivity index (χ2n) is 7.30. The Kier molecular flexibility index (Phi) is 6.79. The van der Waals surface area contributed by atoms with E-state index in [2.05, 4.69) is 21.2 Å². The molecule has 2 aromatic rings. The van der Waals surface area contributed by atoms with Crippen LogP contribution in [0.4, 0.5) is 0 Å². The van der Waals surface area contributed by atoms with E-state index in [1.165, 1.54) is 14.0 Å². The first kappa shape index (κ1) is 22.9. The lowest BCUT2D eigenvalue weighted by Gasteiger charge is -2.20. The summed E-state index contributed by atoms with van der Waals surface area (Å²) in [4.78, 5) is 25.2. The second kappa shape index (κ2) is 9.18. The zero-order valence-corrected chi connectivity index (χ0v) is 20.1. The molecular formula is C23H26BrNO6. The van der Waals surface area contributed by atoms with Crippen molar-refractivity contribution >= 4 is 21.8 Å². The van der Waals surface area contributed by atoms with Gasteiger partial charge in [-0.1, -0.05) is 0 Å². The first-order valence-corrected chi connectivity index (χ1v) is 10.6. The lowest BCUT2D eigenvalue weighted by molar-refractivity contribution is -0.119. The van der Waals surface area contributed by atoms with Crippen LogP contribution in [-0.4, -0.2) is 34.3 Å². The van der Waals surface area contributed by atoms with Crippen LogP contribution >= 0.6 is 15.9 Å². The molecule has 1 aliphatic carbocycles. The largest absolute Gasteiger partial charge is 0.493 e. The monoisotopic (exact) mass is 491 g/mol. The minimum atomic E-state index is -0.389. The highest BCUT2D eigenvalue weighted by molar-refractivity contribution is 9.10. The Morgan fingerprint density at radius 1 is 1.03 bits per heavy atom. The van der Waals surface area contributed by atoms with Crippen molar-refractivity contribution in [3.05, 3.63) is 43.5 Å². The molecule has 0 bridgehead atoms. The highest BCUT2D eigenvalue weighted by atomic mass is 79.9. The third-order valence-electron chi connectivity index (χ3n) is 5.46. The third kappa shape index (κ3) is 3.96. The van der Waals surface area contributed by atoms with Crippen LogP contribution in [0, 0.1) is 6.92 Å². The molecule has 0 heterocycles. The van der Waals surface area contributed by atoms with E-state index >= 15 is 0 Å². The number of aryl methyl sites for hydroxylation is 2. The number of halogens is 1. The molecule has 1 amide bonds. The molecular weight excluding hydrogens is 466 g/mol. The Labute approximate surface area is 189 Å². The molecule has 166 valence electrons. The van der Waals surface area contributed by atoms with Crippen LogP contribution in [-0.2, 0) is 11.2 Å². The number of rotatable bonds is 5. The van der Waals surface area contributed by atoms with E-state index in [0.29, 0.717) is 45.7 Å². The molecule has 0 spiro atoms. The molecule has 0 fully saturated rings. The van der Waals surface area contributed by atoms with Crippen molar-refractivity contribution in [2.24, 2.45) is 0 Å². The summed E-state index contributed by atoms with van der Waals surface area (Å²) >= 11 is 3.51. The molecule has 8 heteroatoms. The fourth-order valence-electron chi connectivity index (χ4n) is 4.21. The van der Waals surface area contributed by atoms with Crippen molar-refractivity contribution < 1.29 is 23.7 Å². The van der Waals surface area contributed by atoms with Crippen molar-refractivity contribution in [2.45, 2.75) is 32.7 Å². The standard InChI is InChI=1S/C23H26BrNO6/c1-11-9-14-17-13(10-16(28-3)22(30-5)23(17)31-6)7-8-15(25-12(2)26)18(14)19(24)20(27)21(11)29-4/h9-10,15H,7-8H2,1-6H3,(H,25,26)/t15-/m0/s1. The molecule has 0 aromatic heterocycles. The predicted molar refractivity (Wildman–Crippen MR) is 122 cm³/mol. The topological polar surface area (TPSA) is 83.1 Å². The van der Waals surface area contributed by atoms with Crippen molar-refractivity contribution in [3.8, 4) is 34.1 Å². The van der Waals surface area contributed by atoms with Crippen LogP contribution < -0.4 is 29.7 Å². The fourth-order valence-corrected chi connectivity index (χ4v) is 4.88. The summed E-state index contributed by atoms with van der Waals surface area (Å²) in [5, 5.41) is 2.99. The lowest BCUT2D eigenvalue weighted by Crippen LogP contribution is -2.27. The van der Waals surface area contributed by atoms with Gasteiger partial charge in [-0.15, -0.1) is 0 Å².